The molecule has 5 aromatic rings. The molecule has 6 heteroatoms. The molecule has 0 spiro atoms. The number of anilines is 2. The third-order valence-electron chi connectivity index (χ3n) is 5.77. The van der Waals surface area contributed by atoms with E-state index in [4.69, 9.17) is 20.9 Å². The van der Waals surface area contributed by atoms with Crippen LogP contribution in [0.3, 0.4) is 0 Å². The third kappa shape index (κ3) is 5.71. The summed E-state index contributed by atoms with van der Waals surface area (Å²) in [7, 11) is 0. The van der Waals surface area contributed by atoms with Crippen molar-refractivity contribution in [3.05, 3.63) is 144 Å². The molecule has 4 N–H and O–H groups in total. The summed E-state index contributed by atoms with van der Waals surface area (Å²) in [6, 6.07) is 34.5. The van der Waals surface area contributed by atoms with E-state index in [0.29, 0.717) is 56.6 Å². The van der Waals surface area contributed by atoms with Gasteiger partial charge in [-0.25, -0.2) is 0 Å². The van der Waals surface area contributed by atoms with Crippen molar-refractivity contribution in [3.63, 3.8) is 0 Å². The van der Waals surface area contributed by atoms with E-state index in [9.17, 15) is 9.59 Å². The predicted octanol–water partition coefficient (Wildman–Crippen LogP) is 6.90. The van der Waals surface area contributed by atoms with Gasteiger partial charge in [0.05, 0.1) is 0 Å². The van der Waals surface area contributed by atoms with E-state index >= 15 is 0 Å². The highest BCUT2D eigenvalue weighted by molar-refractivity contribution is 6.13. The topological polar surface area (TPSA) is 105 Å². The van der Waals surface area contributed by atoms with Crippen LogP contribution in [0.1, 0.15) is 31.8 Å². The van der Waals surface area contributed by atoms with Gasteiger partial charge < -0.3 is 20.9 Å². The van der Waals surface area contributed by atoms with Crippen LogP contribution in [-0.4, -0.2) is 11.6 Å². The summed E-state index contributed by atoms with van der Waals surface area (Å²) in [5.41, 5.74) is 14.5. The van der Waals surface area contributed by atoms with E-state index < -0.39 is 0 Å². The summed E-state index contributed by atoms with van der Waals surface area (Å²) >= 11 is 0. The number of carbonyl (C=O) groups is 2. The Bertz CT molecular complexity index is 1530. The van der Waals surface area contributed by atoms with Crippen LogP contribution >= 0.6 is 0 Å². The molecule has 0 aliphatic heterocycles. The fourth-order valence-electron chi connectivity index (χ4n) is 3.96. The number of nitrogen functional groups attached to an aromatic ring is 2. The molecule has 0 aliphatic carbocycles. The fraction of sp³-hybridized carbons (Fsp3) is 0. The minimum Gasteiger partial charge on any atom is -0.457 e. The molecule has 0 bridgehead atoms. The quantitative estimate of drug-likeness (QED) is 0.177. The molecule has 38 heavy (non-hydrogen) atoms. The molecule has 0 radical (unpaired) electrons. The Morgan fingerprint density at radius 1 is 0.421 bits per heavy atom. The van der Waals surface area contributed by atoms with Gasteiger partial charge in [-0.3, -0.25) is 9.59 Å². The molecule has 0 fully saturated rings. The van der Waals surface area contributed by atoms with E-state index in [1.54, 1.807) is 121 Å². The van der Waals surface area contributed by atoms with E-state index in [-0.39, 0.29) is 11.6 Å². The standard InChI is InChI=1S/C32H24N2O4/c33-25-10-4-14-29(19-25)37-27-12-2-8-23(17-27)31(35)21-6-1-7-22(16-21)32(36)24-9-3-13-28(18-24)38-30-15-5-11-26(34)20-30/h1-20H,33-34H2. The summed E-state index contributed by atoms with van der Waals surface area (Å²) in [4.78, 5) is 26.6. The summed E-state index contributed by atoms with van der Waals surface area (Å²) in [6.07, 6.45) is 0. The summed E-state index contributed by atoms with van der Waals surface area (Å²) in [5, 5.41) is 0. The second-order valence-corrected chi connectivity index (χ2v) is 8.64. The van der Waals surface area contributed by atoms with Crippen molar-refractivity contribution in [2.24, 2.45) is 0 Å². The number of hydrogen-bond acceptors (Lipinski definition) is 6. The van der Waals surface area contributed by atoms with Gasteiger partial charge in [-0.05, 0) is 54.6 Å². The van der Waals surface area contributed by atoms with Gasteiger partial charge in [0.1, 0.15) is 23.0 Å². The summed E-state index contributed by atoms with van der Waals surface area (Å²) in [5.74, 6) is 1.71. The highest BCUT2D eigenvalue weighted by Crippen LogP contribution is 2.27. The number of carbonyl (C=O) groups excluding carboxylic acids is 2. The zero-order valence-electron chi connectivity index (χ0n) is 20.3. The van der Waals surface area contributed by atoms with E-state index in [0.717, 1.165) is 0 Å². The molecule has 0 aliphatic rings. The lowest BCUT2D eigenvalue weighted by molar-refractivity contribution is 0.103. The first-order chi connectivity index (χ1) is 18.4. The van der Waals surface area contributed by atoms with Crippen LogP contribution in [0.4, 0.5) is 11.4 Å². The lowest BCUT2D eigenvalue weighted by atomic mass is 9.97. The van der Waals surface area contributed by atoms with E-state index in [1.165, 1.54) is 0 Å². The molecule has 186 valence electrons. The van der Waals surface area contributed by atoms with Gasteiger partial charge in [0, 0.05) is 45.8 Å². The van der Waals surface area contributed by atoms with Crippen LogP contribution in [0, 0.1) is 0 Å². The van der Waals surface area contributed by atoms with Crippen molar-refractivity contribution < 1.29 is 19.1 Å². The van der Waals surface area contributed by atoms with Gasteiger partial charge in [0.15, 0.2) is 11.6 Å². The van der Waals surface area contributed by atoms with Crippen molar-refractivity contribution in [2.45, 2.75) is 0 Å². The van der Waals surface area contributed by atoms with Crippen LogP contribution in [0.25, 0.3) is 0 Å². The first kappa shape index (κ1) is 24.3. The van der Waals surface area contributed by atoms with Crippen molar-refractivity contribution in [1.29, 1.82) is 0 Å². The molecule has 0 saturated carbocycles. The van der Waals surface area contributed by atoms with Crippen molar-refractivity contribution in [3.8, 4) is 23.0 Å². The second kappa shape index (κ2) is 10.7. The number of ketones is 2. The fourth-order valence-corrected chi connectivity index (χ4v) is 3.96. The van der Waals surface area contributed by atoms with E-state index in [2.05, 4.69) is 0 Å². The molecular weight excluding hydrogens is 476 g/mol. The van der Waals surface area contributed by atoms with Crippen LogP contribution in [0.15, 0.2) is 121 Å². The number of benzene rings is 5. The number of nitrogens with two attached hydrogens (primary N) is 2. The van der Waals surface area contributed by atoms with Gasteiger partial charge in [-0.2, -0.15) is 0 Å². The molecule has 0 saturated heterocycles. The molecular formula is C32H24N2O4. The van der Waals surface area contributed by atoms with Gasteiger partial charge >= 0.3 is 0 Å². The molecule has 0 heterocycles. The molecule has 0 unspecified atom stereocenters. The first-order valence-corrected chi connectivity index (χ1v) is 11.9. The van der Waals surface area contributed by atoms with E-state index in [1.807, 2.05) is 0 Å². The van der Waals surface area contributed by atoms with Crippen molar-refractivity contribution in [2.75, 3.05) is 11.5 Å². The third-order valence-corrected chi connectivity index (χ3v) is 5.77. The predicted molar refractivity (Wildman–Crippen MR) is 148 cm³/mol. The number of hydrogen-bond donors (Lipinski definition) is 2. The lowest BCUT2D eigenvalue weighted by Gasteiger charge is -2.10. The minimum atomic E-state index is -0.226. The Hall–Kier alpha value is -5.36. The molecule has 5 rings (SSSR count). The van der Waals surface area contributed by atoms with Gasteiger partial charge in [0.2, 0.25) is 0 Å². The highest BCUT2D eigenvalue weighted by atomic mass is 16.5. The second-order valence-electron chi connectivity index (χ2n) is 8.64. The van der Waals surface area contributed by atoms with Gasteiger partial charge in [-0.1, -0.05) is 54.6 Å². The molecule has 5 aromatic carbocycles. The van der Waals surface area contributed by atoms with Crippen LogP contribution in [0.5, 0.6) is 23.0 Å². The van der Waals surface area contributed by atoms with Gasteiger partial charge in [0.25, 0.3) is 0 Å². The van der Waals surface area contributed by atoms with Gasteiger partial charge in [-0.15, -0.1) is 0 Å². The average molecular weight is 501 g/mol. The molecule has 0 amide bonds. The largest absolute Gasteiger partial charge is 0.457 e. The maximum Gasteiger partial charge on any atom is 0.193 e. The maximum absolute atomic E-state index is 13.3. The lowest BCUT2D eigenvalue weighted by Crippen LogP contribution is -2.06. The Morgan fingerprint density at radius 3 is 1.13 bits per heavy atom. The average Bonchev–Trinajstić information content (AvgIpc) is 2.93. The maximum atomic E-state index is 13.3. The Labute approximate surface area is 220 Å². The molecule has 0 aromatic heterocycles. The Kier molecular flexibility index (Phi) is 6.87. The normalized spacial score (nSPS) is 10.5. The van der Waals surface area contributed by atoms with Crippen molar-refractivity contribution >= 4 is 22.9 Å². The monoisotopic (exact) mass is 500 g/mol. The Morgan fingerprint density at radius 2 is 0.737 bits per heavy atom. The SMILES string of the molecule is Nc1cccc(Oc2cccc(C(=O)c3cccc(C(=O)c4cccc(Oc5cccc(N)c5)c4)c3)c2)c1. The van der Waals surface area contributed by atoms with Crippen LogP contribution < -0.4 is 20.9 Å². The zero-order valence-corrected chi connectivity index (χ0v) is 20.3. The van der Waals surface area contributed by atoms with Crippen LogP contribution in [0.2, 0.25) is 0 Å². The molecule has 0 atom stereocenters. The first-order valence-electron chi connectivity index (χ1n) is 11.9. The highest BCUT2D eigenvalue weighted by Gasteiger charge is 2.15. The van der Waals surface area contributed by atoms with Crippen LogP contribution in [-0.2, 0) is 0 Å². The smallest absolute Gasteiger partial charge is 0.193 e. The summed E-state index contributed by atoms with van der Waals surface area (Å²) in [6.45, 7) is 0. The number of rotatable bonds is 8. The number of ether oxygens (including phenoxy) is 2. The summed E-state index contributed by atoms with van der Waals surface area (Å²) < 4.78 is 11.7. The minimum absolute atomic E-state index is 0.226. The molecule has 6 nitrogen and oxygen atoms in total. The van der Waals surface area contributed by atoms with Crippen molar-refractivity contribution in [1.82, 2.24) is 0 Å². The zero-order chi connectivity index (χ0) is 26.5. The Balaban J connectivity index is 1.35.